The van der Waals surface area contributed by atoms with Gasteiger partial charge in [0.1, 0.15) is 11.5 Å². The number of aryl methyl sites for hydroxylation is 1. The molecule has 1 N–H and O–H groups in total. The second kappa shape index (κ2) is 10.1. The molecule has 2 aromatic carbocycles. The van der Waals surface area contributed by atoms with Gasteiger partial charge in [0.15, 0.2) is 6.61 Å². The monoisotopic (exact) mass is 484 g/mol. The second-order valence-electron chi connectivity index (χ2n) is 6.22. The summed E-state index contributed by atoms with van der Waals surface area (Å²) in [6, 6.07) is 9.91. The number of hydrogen-bond acceptors (Lipinski definition) is 5. The van der Waals surface area contributed by atoms with E-state index in [0.717, 1.165) is 10.0 Å². The smallest absolute Gasteiger partial charge is 0.262 e. The lowest BCUT2D eigenvalue weighted by Gasteiger charge is -2.19. The number of amides is 1. The fourth-order valence-electron chi connectivity index (χ4n) is 2.71. The first kappa shape index (κ1) is 23.2. The van der Waals surface area contributed by atoms with E-state index in [0.29, 0.717) is 24.6 Å². The first-order valence-electron chi connectivity index (χ1n) is 9.09. The van der Waals surface area contributed by atoms with E-state index >= 15 is 0 Å². The van der Waals surface area contributed by atoms with E-state index < -0.39 is 15.9 Å². The lowest BCUT2D eigenvalue weighted by Crippen LogP contribution is -2.30. The third-order valence-electron chi connectivity index (χ3n) is 4.23. The predicted octanol–water partition coefficient (Wildman–Crippen LogP) is 3.81. The van der Waals surface area contributed by atoms with Crippen molar-refractivity contribution in [2.24, 2.45) is 0 Å². The van der Waals surface area contributed by atoms with Crippen molar-refractivity contribution in [3.63, 3.8) is 0 Å². The molecule has 0 fully saturated rings. The van der Waals surface area contributed by atoms with Crippen LogP contribution in [0, 0.1) is 6.92 Å². The number of carbonyl (C=O) groups is 1. The summed E-state index contributed by atoms with van der Waals surface area (Å²) in [4.78, 5) is 12.5. The van der Waals surface area contributed by atoms with Crippen LogP contribution in [0.25, 0.3) is 0 Å². The van der Waals surface area contributed by atoms with Crippen LogP contribution < -0.4 is 14.8 Å². The van der Waals surface area contributed by atoms with Crippen molar-refractivity contribution in [2.45, 2.75) is 25.7 Å². The van der Waals surface area contributed by atoms with Crippen LogP contribution in [0.1, 0.15) is 19.4 Å². The third kappa shape index (κ3) is 5.71. The molecule has 0 aliphatic rings. The number of hydrogen-bond donors (Lipinski definition) is 1. The number of sulfonamides is 1. The maximum atomic E-state index is 12.8. The third-order valence-corrected chi connectivity index (χ3v) is 6.90. The molecule has 0 aliphatic heterocycles. The number of nitrogens with zero attached hydrogens (tertiary/aromatic N) is 1. The van der Waals surface area contributed by atoms with Crippen molar-refractivity contribution in [2.75, 3.05) is 32.1 Å². The van der Waals surface area contributed by atoms with Gasteiger partial charge in [-0.25, -0.2) is 8.42 Å². The highest BCUT2D eigenvalue weighted by molar-refractivity contribution is 9.10. The fourth-order valence-corrected chi connectivity index (χ4v) is 4.80. The lowest BCUT2D eigenvalue weighted by atomic mass is 10.2. The molecule has 0 radical (unpaired) electrons. The Bertz CT molecular complexity index is 975. The molecule has 0 saturated carbocycles. The van der Waals surface area contributed by atoms with Gasteiger partial charge in [-0.3, -0.25) is 4.79 Å². The quantitative estimate of drug-likeness (QED) is 0.584. The van der Waals surface area contributed by atoms with E-state index in [4.69, 9.17) is 9.47 Å². The summed E-state index contributed by atoms with van der Waals surface area (Å²) >= 11 is 3.40. The largest absolute Gasteiger partial charge is 0.495 e. The van der Waals surface area contributed by atoms with E-state index in [1.54, 1.807) is 19.9 Å². The normalized spacial score (nSPS) is 11.4. The maximum Gasteiger partial charge on any atom is 0.262 e. The molecule has 2 rings (SSSR count). The summed E-state index contributed by atoms with van der Waals surface area (Å²) in [6.45, 7) is 5.96. The van der Waals surface area contributed by atoms with Gasteiger partial charge in [-0.15, -0.1) is 0 Å². The van der Waals surface area contributed by atoms with E-state index in [2.05, 4.69) is 21.2 Å². The Kier molecular flexibility index (Phi) is 8.06. The highest BCUT2D eigenvalue weighted by Crippen LogP contribution is 2.29. The van der Waals surface area contributed by atoms with Gasteiger partial charge < -0.3 is 14.8 Å². The Morgan fingerprint density at radius 3 is 2.34 bits per heavy atom. The molecule has 158 valence electrons. The minimum absolute atomic E-state index is 0.0829. The Morgan fingerprint density at radius 1 is 1.10 bits per heavy atom. The Labute approximate surface area is 180 Å². The zero-order chi connectivity index (χ0) is 21.6. The molecule has 0 spiro atoms. The molecule has 0 atom stereocenters. The molecule has 0 aliphatic carbocycles. The molecule has 1 amide bonds. The van der Waals surface area contributed by atoms with Crippen LogP contribution in [0.2, 0.25) is 0 Å². The molecule has 0 heterocycles. The number of nitrogens with one attached hydrogen (secondary N) is 1. The van der Waals surface area contributed by atoms with E-state index in [9.17, 15) is 13.2 Å². The number of carbonyl (C=O) groups excluding carboxylic acids is 1. The Hall–Kier alpha value is -2.10. The average molecular weight is 485 g/mol. The van der Waals surface area contributed by atoms with Gasteiger partial charge >= 0.3 is 0 Å². The van der Waals surface area contributed by atoms with E-state index in [1.807, 2.05) is 19.1 Å². The summed E-state index contributed by atoms with van der Waals surface area (Å²) in [5.41, 5.74) is 1.32. The number of anilines is 1. The standard InChI is InChI=1S/C20H25BrN2O5S/c1-5-23(6-2)29(25,26)15-8-10-19(27-4)17(12-15)22-20(24)13-28-18-9-7-14(3)11-16(18)21/h7-12H,5-6,13H2,1-4H3,(H,22,24). The van der Waals surface area contributed by atoms with Crippen LogP contribution in [-0.2, 0) is 14.8 Å². The average Bonchev–Trinajstić information content (AvgIpc) is 2.68. The fraction of sp³-hybridized carbons (Fsp3) is 0.350. The van der Waals surface area contributed by atoms with Crippen LogP contribution in [0.4, 0.5) is 5.69 Å². The number of rotatable bonds is 9. The van der Waals surface area contributed by atoms with Crippen molar-refractivity contribution in [1.82, 2.24) is 4.31 Å². The Balaban J connectivity index is 2.19. The first-order valence-corrected chi connectivity index (χ1v) is 11.3. The molecule has 0 saturated heterocycles. The van der Waals surface area contributed by atoms with Crippen LogP contribution in [0.5, 0.6) is 11.5 Å². The van der Waals surface area contributed by atoms with Gasteiger partial charge in [0.05, 0.1) is 22.2 Å². The zero-order valence-corrected chi connectivity index (χ0v) is 19.3. The molecule has 29 heavy (non-hydrogen) atoms. The molecule has 9 heteroatoms. The molecule has 0 aromatic heterocycles. The topological polar surface area (TPSA) is 84.9 Å². The molecule has 0 bridgehead atoms. The van der Waals surface area contributed by atoms with Crippen molar-refractivity contribution >= 4 is 37.5 Å². The number of methoxy groups -OCH3 is 1. The number of benzene rings is 2. The van der Waals surface area contributed by atoms with Crippen molar-refractivity contribution in [1.29, 1.82) is 0 Å². The molecular weight excluding hydrogens is 460 g/mol. The Morgan fingerprint density at radius 2 is 1.76 bits per heavy atom. The van der Waals surface area contributed by atoms with Gasteiger partial charge in [-0.2, -0.15) is 4.31 Å². The van der Waals surface area contributed by atoms with Gasteiger partial charge in [0.25, 0.3) is 5.91 Å². The first-order chi connectivity index (χ1) is 13.7. The van der Waals surface area contributed by atoms with Crippen molar-refractivity contribution in [3.8, 4) is 11.5 Å². The summed E-state index contributed by atoms with van der Waals surface area (Å²) in [7, 11) is -2.21. The van der Waals surface area contributed by atoms with Gasteiger partial charge in [-0.05, 0) is 58.7 Å². The highest BCUT2D eigenvalue weighted by atomic mass is 79.9. The van der Waals surface area contributed by atoms with Crippen LogP contribution in [0.3, 0.4) is 0 Å². The van der Waals surface area contributed by atoms with Crippen molar-refractivity contribution < 1.29 is 22.7 Å². The van der Waals surface area contributed by atoms with Crippen LogP contribution in [-0.4, -0.2) is 45.4 Å². The molecule has 0 unspecified atom stereocenters. The summed E-state index contributed by atoms with van der Waals surface area (Å²) < 4.78 is 38.4. The van der Waals surface area contributed by atoms with Gasteiger partial charge in [0, 0.05) is 13.1 Å². The van der Waals surface area contributed by atoms with E-state index in [1.165, 1.54) is 29.6 Å². The molecule has 2 aromatic rings. The van der Waals surface area contributed by atoms with Crippen LogP contribution in [0.15, 0.2) is 45.8 Å². The predicted molar refractivity (Wildman–Crippen MR) is 116 cm³/mol. The summed E-state index contributed by atoms with van der Waals surface area (Å²) in [6.07, 6.45) is 0. The van der Waals surface area contributed by atoms with Gasteiger partial charge in [0.2, 0.25) is 10.0 Å². The molecular formula is C20H25BrN2O5S. The summed E-state index contributed by atoms with van der Waals surface area (Å²) in [5.74, 6) is 0.456. The van der Waals surface area contributed by atoms with Crippen LogP contribution >= 0.6 is 15.9 Å². The van der Waals surface area contributed by atoms with E-state index in [-0.39, 0.29) is 17.2 Å². The SMILES string of the molecule is CCN(CC)S(=O)(=O)c1ccc(OC)c(NC(=O)COc2ccc(C)cc2Br)c1. The lowest BCUT2D eigenvalue weighted by molar-refractivity contribution is -0.118. The minimum Gasteiger partial charge on any atom is -0.495 e. The second-order valence-corrected chi connectivity index (χ2v) is 9.01. The van der Waals surface area contributed by atoms with Crippen molar-refractivity contribution in [3.05, 3.63) is 46.4 Å². The maximum absolute atomic E-state index is 12.8. The zero-order valence-electron chi connectivity index (χ0n) is 16.9. The highest BCUT2D eigenvalue weighted by Gasteiger charge is 2.23. The number of halogens is 1. The number of ether oxygens (including phenoxy) is 2. The van der Waals surface area contributed by atoms with Gasteiger partial charge in [-0.1, -0.05) is 19.9 Å². The summed E-state index contributed by atoms with van der Waals surface area (Å²) in [5, 5.41) is 2.66. The molecule has 7 nitrogen and oxygen atoms in total. The minimum atomic E-state index is -3.66.